The minimum absolute atomic E-state index is 0. The second-order valence-corrected chi connectivity index (χ2v) is 4.52. The summed E-state index contributed by atoms with van der Waals surface area (Å²) in [5.74, 6) is 0.998. The molecule has 0 radical (unpaired) electrons. The van der Waals surface area contributed by atoms with E-state index in [-0.39, 0.29) is 24.0 Å². The zero-order valence-corrected chi connectivity index (χ0v) is 13.0. The molecule has 1 aliphatic rings. The molecule has 0 saturated heterocycles. The molecule has 1 N–H and O–H groups in total. The second-order valence-electron chi connectivity index (χ2n) is 3.61. The lowest BCUT2D eigenvalue weighted by Crippen LogP contribution is -2.35. The lowest BCUT2D eigenvalue weighted by molar-refractivity contribution is 0.534. The highest BCUT2D eigenvalue weighted by atomic mass is 127. The molecule has 0 fully saturated rings. The van der Waals surface area contributed by atoms with Crippen LogP contribution in [0.2, 0.25) is 0 Å². The molecule has 1 heterocycles. The number of hydrogen-bond acceptors (Lipinski definition) is 3. The molecule has 0 spiro atoms. The molecule has 16 heavy (non-hydrogen) atoms. The average Bonchev–Trinajstić information content (AvgIpc) is 2.63. The fraction of sp³-hybridized carbons (Fsp3) is 0.364. The highest BCUT2D eigenvalue weighted by Gasteiger charge is 2.10. The molecule has 1 aliphatic heterocycles. The van der Waals surface area contributed by atoms with Crippen molar-refractivity contribution >= 4 is 45.9 Å². The zero-order chi connectivity index (χ0) is 10.7. The van der Waals surface area contributed by atoms with Gasteiger partial charge in [0.15, 0.2) is 5.96 Å². The first-order valence-corrected chi connectivity index (χ1v) is 5.79. The third kappa shape index (κ3) is 3.62. The standard InChI is InChI=1S/C11H14BrN3.HI/c1-15-7-6-13-11(15)14-8-9-2-4-10(12)5-3-9;/h2-5H,6-8H2,1H3,(H,13,14);1H. The van der Waals surface area contributed by atoms with E-state index in [1.807, 2.05) is 0 Å². The van der Waals surface area contributed by atoms with Crippen LogP contribution in [0.5, 0.6) is 0 Å². The van der Waals surface area contributed by atoms with E-state index in [0.717, 1.165) is 30.1 Å². The number of halogens is 2. The fourth-order valence-corrected chi connectivity index (χ4v) is 1.77. The molecule has 0 amide bonds. The van der Waals surface area contributed by atoms with Crippen molar-refractivity contribution in [3.05, 3.63) is 34.3 Å². The van der Waals surface area contributed by atoms with Crippen LogP contribution in [0.1, 0.15) is 5.56 Å². The summed E-state index contributed by atoms with van der Waals surface area (Å²) >= 11 is 3.42. The van der Waals surface area contributed by atoms with Gasteiger partial charge in [0.1, 0.15) is 0 Å². The predicted molar refractivity (Wildman–Crippen MR) is 81.3 cm³/mol. The van der Waals surface area contributed by atoms with Crippen LogP contribution in [0.4, 0.5) is 0 Å². The molecule has 2 rings (SSSR count). The summed E-state index contributed by atoms with van der Waals surface area (Å²) in [6.07, 6.45) is 0. The van der Waals surface area contributed by atoms with E-state index in [2.05, 4.69) is 62.5 Å². The minimum atomic E-state index is 0. The van der Waals surface area contributed by atoms with Gasteiger partial charge in [0, 0.05) is 24.6 Å². The smallest absolute Gasteiger partial charge is 0.194 e. The van der Waals surface area contributed by atoms with E-state index in [4.69, 9.17) is 0 Å². The number of benzene rings is 1. The van der Waals surface area contributed by atoms with Crippen LogP contribution < -0.4 is 5.32 Å². The van der Waals surface area contributed by atoms with Crippen LogP contribution in [0.3, 0.4) is 0 Å². The molecular weight excluding hydrogens is 381 g/mol. The van der Waals surface area contributed by atoms with Gasteiger partial charge in [0.25, 0.3) is 0 Å². The topological polar surface area (TPSA) is 27.6 Å². The van der Waals surface area contributed by atoms with Crippen LogP contribution in [0.25, 0.3) is 0 Å². The summed E-state index contributed by atoms with van der Waals surface area (Å²) in [6.45, 7) is 2.75. The maximum atomic E-state index is 4.37. The lowest BCUT2D eigenvalue weighted by atomic mass is 10.2. The first-order chi connectivity index (χ1) is 7.25. The molecule has 0 aliphatic carbocycles. The molecule has 3 nitrogen and oxygen atoms in total. The number of likely N-dealkylation sites (N-methyl/N-ethyl adjacent to an activating group) is 1. The molecule has 0 bridgehead atoms. The van der Waals surface area contributed by atoms with E-state index in [9.17, 15) is 0 Å². The largest absolute Gasteiger partial charge is 0.352 e. The molecular formula is C11H15BrIN3. The number of rotatable bonds is 2. The van der Waals surface area contributed by atoms with Gasteiger partial charge in [0.2, 0.25) is 0 Å². The summed E-state index contributed by atoms with van der Waals surface area (Å²) in [4.78, 5) is 6.51. The van der Waals surface area contributed by atoms with E-state index in [0.29, 0.717) is 0 Å². The molecule has 1 aromatic carbocycles. The number of nitrogens with zero attached hydrogens (tertiary/aromatic N) is 2. The third-order valence-electron chi connectivity index (χ3n) is 2.42. The maximum absolute atomic E-state index is 4.37. The SMILES string of the molecule is CN1CCN=C1NCc1ccc(Br)cc1.I. The van der Waals surface area contributed by atoms with Crippen molar-refractivity contribution in [2.75, 3.05) is 20.1 Å². The lowest BCUT2D eigenvalue weighted by Gasteiger charge is -2.15. The fourth-order valence-electron chi connectivity index (χ4n) is 1.51. The van der Waals surface area contributed by atoms with Crippen molar-refractivity contribution in [2.24, 2.45) is 4.99 Å². The Labute approximate surface area is 121 Å². The van der Waals surface area contributed by atoms with Crippen LogP contribution in [0.15, 0.2) is 33.7 Å². The van der Waals surface area contributed by atoms with Crippen molar-refractivity contribution in [3.63, 3.8) is 0 Å². The monoisotopic (exact) mass is 395 g/mol. The summed E-state index contributed by atoms with van der Waals surface area (Å²) < 4.78 is 1.11. The van der Waals surface area contributed by atoms with Crippen LogP contribution in [-0.2, 0) is 6.54 Å². The van der Waals surface area contributed by atoms with Crippen molar-refractivity contribution in [2.45, 2.75) is 6.54 Å². The number of guanidine groups is 1. The van der Waals surface area contributed by atoms with Crippen molar-refractivity contribution < 1.29 is 0 Å². The summed E-state index contributed by atoms with van der Waals surface area (Å²) in [5.41, 5.74) is 1.27. The molecule has 88 valence electrons. The highest BCUT2D eigenvalue weighted by Crippen LogP contribution is 2.10. The van der Waals surface area contributed by atoms with E-state index < -0.39 is 0 Å². The Morgan fingerprint density at radius 1 is 1.38 bits per heavy atom. The minimum Gasteiger partial charge on any atom is -0.352 e. The van der Waals surface area contributed by atoms with Gasteiger partial charge in [-0.25, -0.2) is 0 Å². The molecule has 0 atom stereocenters. The molecule has 1 aromatic rings. The third-order valence-corrected chi connectivity index (χ3v) is 2.95. The van der Waals surface area contributed by atoms with E-state index in [1.54, 1.807) is 0 Å². The molecule has 0 aromatic heterocycles. The molecule has 0 saturated carbocycles. The van der Waals surface area contributed by atoms with E-state index >= 15 is 0 Å². The average molecular weight is 396 g/mol. The summed E-state index contributed by atoms with van der Waals surface area (Å²) in [7, 11) is 2.06. The quantitative estimate of drug-likeness (QED) is 0.779. The number of nitrogens with one attached hydrogen (secondary N) is 1. The van der Waals surface area contributed by atoms with Crippen LogP contribution in [-0.4, -0.2) is 31.0 Å². The van der Waals surface area contributed by atoms with Gasteiger partial charge in [-0.15, -0.1) is 24.0 Å². The van der Waals surface area contributed by atoms with Gasteiger partial charge >= 0.3 is 0 Å². The van der Waals surface area contributed by atoms with Gasteiger partial charge in [0.05, 0.1) is 6.54 Å². The predicted octanol–water partition coefficient (Wildman–Crippen LogP) is 2.46. The normalized spacial score (nSPS) is 14.4. The zero-order valence-electron chi connectivity index (χ0n) is 9.11. The highest BCUT2D eigenvalue weighted by molar-refractivity contribution is 14.0. The van der Waals surface area contributed by atoms with Crippen LogP contribution in [0, 0.1) is 0 Å². The van der Waals surface area contributed by atoms with Gasteiger partial charge in [-0.05, 0) is 17.7 Å². The Kier molecular flexibility index (Phi) is 5.54. The number of aliphatic imine (C=N–C) groups is 1. The van der Waals surface area contributed by atoms with Crippen LogP contribution >= 0.6 is 39.9 Å². The molecule has 0 unspecified atom stereocenters. The Balaban J connectivity index is 0.00000128. The van der Waals surface area contributed by atoms with Gasteiger partial charge in [-0.3, -0.25) is 4.99 Å². The van der Waals surface area contributed by atoms with E-state index in [1.165, 1.54) is 5.56 Å². The Morgan fingerprint density at radius 2 is 2.06 bits per heavy atom. The van der Waals surface area contributed by atoms with Crippen molar-refractivity contribution in [1.82, 2.24) is 10.2 Å². The summed E-state index contributed by atoms with van der Waals surface area (Å²) in [5, 5.41) is 3.33. The van der Waals surface area contributed by atoms with Gasteiger partial charge < -0.3 is 10.2 Å². The Hall–Kier alpha value is -0.300. The van der Waals surface area contributed by atoms with Crippen molar-refractivity contribution in [1.29, 1.82) is 0 Å². The van der Waals surface area contributed by atoms with Gasteiger partial charge in [-0.1, -0.05) is 28.1 Å². The first kappa shape index (κ1) is 13.8. The van der Waals surface area contributed by atoms with Crippen molar-refractivity contribution in [3.8, 4) is 0 Å². The van der Waals surface area contributed by atoms with Gasteiger partial charge in [-0.2, -0.15) is 0 Å². The summed E-state index contributed by atoms with van der Waals surface area (Å²) in [6, 6.07) is 8.31. The Bertz CT molecular complexity index is 364. The first-order valence-electron chi connectivity index (χ1n) is 4.99. The molecule has 5 heteroatoms. The maximum Gasteiger partial charge on any atom is 0.194 e. The second kappa shape index (κ2) is 6.44. The Morgan fingerprint density at radius 3 is 2.62 bits per heavy atom. The number of hydrogen-bond donors (Lipinski definition) is 1.